The summed E-state index contributed by atoms with van der Waals surface area (Å²) in [5.41, 5.74) is 0. The molecule has 1 heterocycles. The molecule has 0 spiro atoms. The largest absolute Gasteiger partial charge is 0.388 e. The molecule has 4 N–H and O–H groups in total. The number of hydrogen-bond acceptors (Lipinski definition) is 5. The van der Waals surface area contributed by atoms with Crippen molar-refractivity contribution in [3.8, 4) is 0 Å². The van der Waals surface area contributed by atoms with Gasteiger partial charge in [-0.15, -0.1) is 0 Å². The monoisotopic (exact) mass is 150 g/mol. The molecule has 0 saturated carbocycles. The van der Waals surface area contributed by atoms with Gasteiger partial charge in [0.05, 0.1) is 6.61 Å². The van der Waals surface area contributed by atoms with E-state index in [0.717, 1.165) is 0 Å². The van der Waals surface area contributed by atoms with Crippen molar-refractivity contribution in [3.63, 3.8) is 0 Å². The molecule has 0 bridgehead atoms. The summed E-state index contributed by atoms with van der Waals surface area (Å²) in [5, 5.41) is 35.3. The Labute approximate surface area is 57.5 Å². The standard InChI is InChI=1S/C5H10O5/c6-2-1-10-5(9)4(8)3(2)7/h2-9H,1H2/t2-,3?,4-,5?/m1/s1. The average Bonchev–Trinajstić information content (AvgIpc) is 1.93. The highest BCUT2D eigenvalue weighted by molar-refractivity contribution is 4.81. The van der Waals surface area contributed by atoms with Crippen LogP contribution in [0, 0.1) is 0 Å². The minimum absolute atomic E-state index is 0.153. The molecule has 4 atom stereocenters. The molecule has 10 heavy (non-hydrogen) atoms. The van der Waals surface area contributed by atoms with Gasteiger partial charge in [0.25, 0.3) is 0 Å². The van der Waals surface area contributed by atoms with Crippen molar-refractivity contribution in [1.82, 2.24) is 0 Å². The van der Waals surface area contributed by atoms with Gasteiger partial charge in [-0.3, -0.25) is 0 Å². The van der Waals surface area contributed by atoms with Crippen LogP contribution >= 0.6 is 0 Å². The van der Waals surface area contributed by atoms with Gasteiger partial charge in [0.1, 0.15) is 18.3 Å². The van der Waals surface area contributed by atoms with E-state index in [4.69, 9.17) is 20.4 Å². The van der Waals surface area contributed by atoms with Crippen LogP contribution in [0.1, 0.15) is 0 Å². The maximum Gasteiger partial charge on any atom is 0.183 e. The topological polar surface area (TPSA) is 90.2 Å². The van der Waals surface area contributed by atoms with Crippen LogP contribution in [-0.4, -0.2) is 51.6 Å². The maximum absolute atomic E-state index is 8.88. The molecule has 0 aromatic rings. The lowest BCUT2D eigenvalue weighted by Gasteiger charge is -2.31. The number of aliphatic hydroxyl groups is 4. The smallest absolute Gasteiger partial charge is 0.183 e. The lowest BCUT2D eigenvalue weighted by molar-refractivity contribution is -0.252. The first-order valence-electron chi connectivity index (χ1n) is 2.97. The second-order valence-corrected chi connectivity index (χ2v) is 2.27. The summed E-state index contributed by atoms with van der Waals surface area (Å²) < 4.78 is 4.47. The van der Waals surface area contributed by atoms with Crippen molar-refractivity contribution in [2.75, 3.05) is 6.61 Å². The summed E-state index contributed by atoms with van der Waals surface area (Å²) in [7, 11) is 0. The Bertz CT molecular complexity index is 103. The van der Waals surface area contributed by atoms with E-state index >= 15 is 0 Å². The van der Waals surface area contributed by atoms with Crippen LogP contribution in [0.4, 0.5) is 0 Å². The van der Waals surface area contributed by atoms with Gasteiger partial charge in [-0.2, -0.15) is 0 Å². The normalized spacial score (nSPS) is 49.2. The summed E-state index contributed by atoms with van der Waals surface area (Å²) in [6.45, 7) is -0.153. The highest BCUT2D eigenvalue weighted by Gasteiger charge is 2.36. The van der Waals surface area contributed by atoms with Crippen LogP contribution in [0.2, 0.25) is 0 Å². The van der Waals surface area contributed by atoms with Crippen LogP contribution in [0.15, 0.2) is 0 Å². The van der Waals surface area contributed by atoms with Gasteiger partial charge in [-0.05, 0) is 0 Å². The summed E-state index contributed by atoms with van der Waals surface area (Å²) in [6.07, 6.45) is -5.23. The van der Waals surface area contributed by atoms with Crippen molar-refractivity contribution < 1.29 is 25.2 Å². The van der Waals surface area contributed by atoms with Gasteiger partial charge in [0, 0.05) is 0 Å². The fourth-order valence-electron chi connectivity index (χ4n) is 0.791. The van der Waals surface area contributed by atoms with Gasteiger partial charge in [0.15, 0.2) is 6.29 Å². The predicted octanol–water partition coefficient (Wildman–Crippen LogP) is -2.58. The third-order valence-corrected chi connectivity index (χ3v) is 1.47. The molecule has 5 heteroatoms. The third kappa shape index (κ3) is 1.28. The second kappa shape index (κ2) is 2.81. The molecular formula is C5H10O5. The van der Waals surface area contributed by atoms with Gasteiger partial charge in [0.2, 0.25) is 0 Å². The third-order valence-electron chi connectivity index (χ3n) is 1.47. The van der Waals surface area contributed by atoms with Crippen molar-refractivity contribution >= 4 is 0 Å². The lowest BCUT2D eigenvalue weighted by Crippen LogP contribution is -2.52. The van der Waals surface area contributed by atoms with E-state index in [1.807, 2.05) is 0 Å². The van der Waals surface area contributed by atoms with Crippen LogP contribution < -0.4 is 0 Å². The van der Waals surface area contributed by atoms with E-state index in [9.17, 15) is 0 Å². The van der Waals surface area contributed by atoms with Crippen molar-refractivity contribution in [1.29, 1.82) is 0 Å². The Morgan fingerprint density at radius 2 is 1.60 bits per heavy atom. The van der Waals surface area contributed by atoms with Gasteiger partial charge in [-0.25, -0.2) is 0 Å². The SMILES string of the molecule is OC1OC[C@@H](O)C(O)[C@H]1O. The van der Waals surface area contributed by atoms with Crippen LogP contribution in [-0.2, 0) is 4.74 Å². The highest BCUT2D eigenvalue weighted by Crippen LogP contribution is 2.12. The van der Waals surface area contributed by atoms with Gasteiger partial charge >= 0.3 is 0 Å². The molecule has 2 unspecified atom stereocenters. The zero-order chi connectivity index (χ0) is 7.72. The van der Waals surface area contributed by atoms with Crippen molar-refractivity contribution in [3.05, 3.63) is 0 Å². The fraction of sp³-hybridized carbons (Fsp3) is 1.00. The molecule has 5 nitrogen and oxygen atoms in total. The first-order valence-corrected chi connectivity index (χ1v) is 2.97. The van der Waals surface area contributed by atoms with Crippen LogP contribution in [0.25, 0.3) is 0 Å². The highest BCUT2D eigenvalue weighted by atomic mass is 16.6. The lowest BCUT2D eigenvalue weighted by atomic mass is 10.1. The number of ether oxygens (including phenoxy) is 1. The van der Waals surface area contributed by atoms with Crippen molar-refractivity contribution in [2.45, 2.75) is 24.6 Å². The Morgan fingerprint density at radius 3 is 2.10 bits per heavy atom. The fourth-order valence-corrected chi connectivity index (χ4v) is 0.791. The number of aliphatic hydroxyl groups excluding tert-OH is 4. The van der Waals surface area contributed by atoms with E-state index in [2.05, 4.69) is 4.74 Å². The molecule has 1 saturated heterocycles. The maximum atomic E-state index is 8.88. The average molecular weight is 150 g/mol. The molecular weight excluding hydrogens is 140 g/mol. The van der Waals surface area contributed by atoms with Gasteiger partial charge in [-0.1, -0.05) is 0 Å². The second-order valence-electron chi connectivity index (χ2n) is 2.27. The van der Waals surface area contributed by atoms with E-state index in [1.54, 1.807) is 0 Å². The van der Waals surface area contributed by atoms with E-state index in [1.165, 1.54) is 0 Å². The molecule has 1 aliphatic rings. The van der Waals surface area contributed by atoms with Crippen LogP contribution in [0.5, 0.6) is 0 Å². The summed E-state index contributed by atoms with van der Waals surface area (Å²) in [6, 6.07) is 0. The Kier molecular flexibility index (Phi) is 2.22. The minimum atomic E-state index is -1.41. The number of rotatable bonds is 0. The summed E-state index contributed by atoms with van der Waals surface area (Å²) in [5.74, 6) is 0. The van der Waals surface area contributed by atoms with Crippen LogP contribution in [0.3, 0.4) is 0 Å². The number of hydrogen-bond donors (Lipinski definition) is 4. The quantitative estimate of drug-likeness (QED) is 0.304. The van der Waals surface area contributed by atoms with Gasteiger partial charge < -0.3 is 25.2 Å². The Morgan fingerprint density at radius 1 is 1.00 bits per heavy atom. The summed E-state index contributed by atoms with van der Waals surface area (Å²) >= 11 is 0. The molecule has 60 valence electrons. The molecule has 0 aliphatic carbocycles. The first kappa shape index (κ1) is 7.90. The summed E-state index contributed by atoms with van der Waals surface area (Å²) in [4.78, 5) is 0. The molecule has 0 aromatic heterocycles. The molecule has 1 fully saturated rings. The van der Waals surface area contributed by atoms with E-state index < -0.39 is 24.6 Å². The van der Waals surface area contributed by atoms with E-state index in [0.29, 0.717) is 0 Å². The predicted molar refractivity (Wildman–Crippen MR) is 30.0 cm³/mol. The minimum Gasteiger partial charge on any atom is -0.388 e. The molecule has 0 amide bonds. The first-order chi connectivity index (χ1) is 4.63. The van der Waals surface area contributed by atoms with E-state index in [-0.39, 0.29) is 6.61 Å². The molecule has 1 aliphatic heterocycles. The zero-order valence-electron chi connectivity index (χ0n) is 5.21. The Hall–Kier alpha value is -0.200. The van der Waals surface area contributed by atoms with Crippen molar-refractivity contribution in [2.24, 2.45) is 0 Å². The Balaban J connectivity index is 2.52. The molecule has 0 aromatic carbocycles. The molecule has 1 rings (SSSR count). The molecule has 0 radical (unpaired) electrons. The zero-order valence-corrected chi connectivity index (χ0v) is 5.21.